The Morgan fingerprint density at radius 2 is 1.59 bits per heavy atom. The van der Waals surface area contributed by atoms with Crippen LogP contribution in [0.4, 0.5) is 0 Å². The predicted molar refractivity (Wildman–Crippen MR) is 75.7 cm³/mol. The number of hydrogen-bond acceptors (Lipinski definition) is 2. The average Bonchev–Trinajstić information content (AvgIpc) is 2.33. The zero-order valence-corrected chi connectivity index (χ0v) is 11.8. The Kier molecular flexibility index (Phi) is 3.86. The van der Waals surface area contributed by atoms with Gasteiger partial charge in [0.15, 0.2) is 0 Å². The maximum Gasteiger partial charge on any atom is 0.408 e. The Balaban J connectivity index is 2.23. The van der Waals surface area contributed by atoms with Crippen molar-refractivity contribution in [2.24, 2.45) is 0 Å². The molecule has 0 amide bonds. The fraction of sp³-hybridized carbons (Fsp3) is 0. The van der Waals surface area contributed by atoms with E-state index in [2.05, 4.69) is 22.6 Å². The Morgan fingerprint density at radius 1 is 1.00 bits per heavy atom. The largest absolute Gasteiger partial charge is 0.421 e. The first-order valence-electron chi connectivity index (χ1n) is 4.91. The van der Waals surface area contributed by atoms with Crippen molar-refractivity contribution < 1.29 is 14.0 Å². The van der Waals surface area contributed by atoms with Crippen molar-refractivity contribution in [2.45, 2.75) is 0 Å². The van der Waals surface area contributed by atoms with Crippen LogP contribution in [0.2, 0.25) is 0 Å². The zero-order chi connectivity index (χ0) is 12.3. The quantitative estimate of drug-likeness (QED) is 0.676. The first-order chi connectivity index (χ1) is 8.08. The molecule has 1 unspecified atom stereocenters. The molecule has 2 rings (SSSR count). The highest BCUT2D eigenvalue weighted by molar-refractivity contribution is 14.1. The van der Waals surface area contributed by atoms with Crippen molar-refractivity contribution in [1.82, 2.24) is 0 Å². The third kappa shape index (κ3) is 3.31. The molecule has 0 saturated carbocycles. The molecular formula is C12H10IO3P. The molecule has 0 aliphatic carbocycles. The lowest BCUT2D eigenvalue weighted by molar-refractivity contribution is 0.393. The molecule has 0 aliphatic rings. The molecule has 0 aliphatic heterocycles. The summed E-state index contributed by atoms with van der Waals surface area (Å²) in [5.41, 5.74) is 0. The lowest BCUT2D eigenvalue weighted by atomic mass is 10.3. The molecule has 2 aromatic carbocycles. The Hall–Kier alpha value is -0.840. The minimum absolute atomic E-state index is 0.290. The molecule has 0 bridgehead atoms. The van der Waals surface area contributed by atoms with E-state index in [0.29, 0.717) is 11.1 Å². The van der Waals surface area contributed by atoms with Crippen LogP contribution in [0.3, 0.4) is 0 Å². The summed E-state index contributed by atoms with van der Waals surface area (Å²) < 4.78 is 18.2. The molecule has 1 atom stereocenters. The predicted octanol–water partition coefficient (Wildman–Crippen LogP) is 3.18. The molecular weight excluding hydrogens is 350 g/mol. The van der Waals surface area contributed by atoms with E-state index in [0.717, 1.165) is 3.57 Å². The summed E-state index contributed by atoms with van der Waals surface area (Å²) >= 11 is 2.16. The number of hydrogen-bond donors (Lipinski definition) is 1. The third-order valence-corrected chi connectivity index (χ3v) is 4.25. The maximum absolute atomic E-state index is 12.0. The van der Waals surface area contributed by atoms with Gasteiger partial charge in [-0.05, 0) is 59.0 Å². The molecule has 5 heteroatoms. The van der Waals surface area contributed by atoms with Crippen LogP contribution in [0, 0.1) is 3.57 Å². The first kappa shape index (κ1) is 12.6. The van der Waals surface area contributed by atoms with E-state index < -0.39 is 7.60 Å². The smallest absolute Gasteiger partial charge is 0.408 e. The second-order valence-corrected chi connectivity index (χ2v) is 6.39. The van der Waals surface area contributed by atoms with Gasteiger partial charge < -0.3 is 9.42 Å². The van der Waals surface area contributed by atoms with E-state index >= 15 is 0 Å². The van der Waals surface area contributed by atoms with Gasteiger partial charge in [0.25, 0.3) is 0 Å². The van der Waals surface area contributed by atoms with Crippen LogP contribution in [-0.4, -0.2) is 4.89 Å². The third-order valence-electron chi connectivity index (χ3n) is 2.13. The van der Waals surface area contributed by atoms with Crippen molar-refractivity contribution in [1.29, 1.82) is 0 Å². The van der Waals surface area contributed by atoms with E-state index in [4.69, 9.17) is 4.52 Å². The van der Waals surface area contributed by atoms with Crippen molar-refractivity contribution in [3.63, 3.8) is 0 Å². The minimum Gasteiger partial charge on any atom is -0.421 e. The minimum atomic E-state index is -3.78. The Bertz CT molecular complexity index is 539. The van der Waals surface area contributed by atoms with Crippen LogP contribution in [0.25, 0.3) is 0 Å². The second-order valence-electron chi connectivity index (χ2n) is 3.40. The highest BCUT2D eigenvalue weighted by atomic mass is 127. The average molecular weight is 360 g/mol. The molecule has 17 heavy (non-hydrogen) atoms. The molecule has 0 fully saturated rings. The van der Waals surface area contributed by atoms with Crippen molar-refractivity contribution >= 4 is 35.5 Å². The van der Waals surface area contributed by atoms with E-state index in [1.54, 1.807) is 42.5 Å². The van der Waals surface area contributed by atoms with Gasteiger partial charge in [0, 0.05) is 3.57 Å². The van der Waals surface area contributed by atoms with Crippen LogP contribution in [0.15, 0.2) is 54.6 Å². The lowest BCUT2D eigenvalue weighted by Gasteiger charge is -2.13. The van der Waals surface area contributed by atoms with Gasteiger partial charge in [-0.3, -0.25) is 0 Å². The van der Waals surface area contributed by atoms with Crippen molar-refractivity contribution in [3.8, 4) is 5.75 Å². The number of benzene rings is 2. The highest BCUT2D eigenvalue weighted by Gasteiger charge is 2.23. The summed E-state index contributed by atoms with van der Waals surface area (Å²) in [6.07, 6.45) is 0. The van der Waals surface area contributed by atoms with Crippen LogP contribution < -0.4 is 9.83 Å². The molecule has 3 nitrogen and oxygen atoms in total. The second kappa shape index (κ2) is 5.21. The molecule has 1 N–H and O–H groups in total. The molecule has 88 valence electrons. The van der Waals surface area contributed by atoms with E-state index in [1.807, 2.05) is 12.1 Å². The van der Waals surface area contributed by atoms with Crippen LogP contribution in [-0.2, 0) is 4.57 Å². The van der Waals surface area contributed by atoms with Gasteiger partial charge in [-0.15, -0.1) is 0 Å². The Morgan fingerprint density at radius 3 is 2.18 bits per heavy atom. The van der Waals surface area contributed by atoms with Crippen LogP contribution in [0.5, 0.6) is 5.75 Å². The van der Waals surface area contributed by atoms with Gasteiger partial charge in [0.05, 0.1) is 5.30 Å². The van der Waals surface area contributed by atoms with E-state index in [-0.39, 0.29) is 0 Å². The highest BCUT2D eigenvalue weighted by Crippen LogP contribution is 2.41. The normalized spacial score (nSPS) is 14.0. The van der Waals surface area contributed by atoms with Gasteiger partial charge in [0.2, 0.25) is 0 Å². The summed E-state index contributed by atoms with van der Waals surface area (Å²) in [7, 11) is -3.78. The standard InChI is InChI=1S/C12H10IO3P/c13-10-6-8-11(9-7-10)16-17(14,15)12-4-2-1-3-5-12/h1-9H,(H,14,15). The first-order valence-corrected chi connectivity index (χ1v) is 7.57. The topological polar surface area (TPSA) is 46.5 Å². The number of halogens is 1. The maximum atomic E-state index is 12.0. The summed E-state index contributed by atoms with van der Waals surface area (Å²) in [6.45, 7) is 0. The Labute approximate surface area is 113 Å². The molecule has 0 saturated heterocycles. The number of rotatable bonds is 3. The molecule has 2 aromatic rings. The fourth-order valence-corrected chi connectivity index (χ4v) is 2.73. The summed E-state index contributed by atoms with van der Waals surface area (Å²) in [5.74, 6) is 0.389. The van der Waals surface area contributed by atoms with Gasteiger partial charge in [-0.25, -0.2) is 4.57 Å². The fourth-order valence-electron chi connectivity index (χ4n) is 1.31. The monoisotopic (exact) mass is 360 g/mol. The van der Waals surface area contributed by atoms with Crippen LogP contribution in [0.1, 0.15) is 0 Å². The van der Waals surface area contributed by atoms with Gasteiger partial charge in [-0.1, -0.05) is 18.2 Å². The summed E-state index contributed by atoms with van der Waals surface area (Å²) in [4.78, 5) is 9.84. The van der Waals surface area contributed by atoms with Gasteiger partial charge in [-0.2, -0.15) is 0 Å². The van der Waals surface area contributed by atoms with Crippen molar-refractivity contribution in [2.75, 3.05) is 0 Å². The van der Waals surface area contributed by atoms with Gasteiger partial charge >= 0.3 is 7.60 Å². The molecule has 0 aromatic heterocycles. The zero-order valence-electron chi connectivity index (χ0n) is 8.79. The van der Waals surface area contributed by atoms with Crippen molar-refractivity contribution in [3.05, 3.63) is 58.2 Å². The van der Waals surface area contributed by atoms with E-state index in [1.165, 1.54) is 0 Å². The molecule has 0 spiro atoms. The van der Waals surface area contributed by atoms with Gasteiger partial charge in [0.1, 0.15) is 5.75 Å². The van der Waals surface area contributed by atoms with E-state index in [9.17, 15) is 9.46 Å². The summed E-state index contributed by atoms with van der Waals surface area (Å²) in [5, 5.41) is 0.290. The molecule has 0 radical (unpaired) electrons. The lowest BCUT2D eigenvalue weighted by Crippen LogP contribution is -2.08. The molecule has 0 heterocycles. The summed E-state index contributed by atoms with van der Waals surface area (Å²) in [6, 6.07) is 15.3. The van der Waals surface area contributed by atoms with Crippen LogP contribution >= 0.6 is 30.2 Å². The SMILES string of the molecule is O=P(O)(Oc1ccc(I)cc1)c1ccccc1.